The minimum atomic E-state index is 0.301. The summed E-state index contributed by atoms with van der Waals surface area (Å²) < 4.78 is 10.3. The van der Waals surface area contributed by atoms with Crippen molar-refractivity contribution in [1.29, 1.82) is 0 Å². The number of aryl methyl sites for hydroxylation is 1. The highest BCUT2D eigenvalue weighted by molar-refractivity contribution is 7.09. The Hall–Kier alpha value is -1.21. The number of benzene rings is 1. The van der Waals surface area contributed by atoms with Crippen LogP contribution in [0.4, 0.5) is 5.13 Å². The number of anilines is 1. The van der Waals surface area contributed by atoms with Crippen LogP contribution in [0.2, 0.25) is 5.02 Å². The van der Waals surface area contributed by atoms with Crippen LogP contribution in [0.25, 0.3) is 0 Å². The average Bonchev–Trinajstić information content (AvgIpc) is 3.11. The van der Waals surface area contributed by atoms with Crippen LogP contribution in [0.1, 0.15) is 31.2 Å². The van der Waals surface area contributed by atoms with E-state index in [0.717, 1.165) is 48.6 Å². The summed E-state index contributed by atoms with van der Waals surface area (Å²) in [5, 5.41) is 1.86. The Morgan fingerprint density at radius 3 is 2.63 bits per heavy atom. The van der Waals surface area contributed by atoms with Crippen LogP contribution < -0.4 is 4.90 Å². The quantitative estimate of drug-likeness (QED) is 0.772. The van der Waals surface area contributed by atoms with Gasteiger partial charge in [0.1, 0.15) is 5.82 Å². The molecule has 4 rings (SSSR count). The number of hydrogen-bond acceptors (Lipinski definition) is 6. The van der Waals surface area contributed by atoms with E-state index >= 15 is 0 Å². The molecule has 0 amide bonds. The first kappa shape index (κ1) is 19.1. The molecule has 146 valence electrons. The molecule has 0 bridgehead atoms. The van der Waals surface area contributed by atoms with Gasteiger partial charge in [-0.05, 0) is 50.8 Å². The molecule has 3 heterocycles. The molecule has 2 atom stereocenters. The molecule has 2 aliphatic rings. The van der Waals surface area contributed by atoms with Crippen LogP contribution in [0, 0.1) is 6.92 Å². The van der Waals surface area contributed by atoms with Crippen LogP contribution in [0.5, 0.6) is 0 Å². The lowest BCUT2D eigenvalue weighted by Gasteiger charge is -2.46. The maximum atomic E-state index is 6.04. The van der Waals surface area contributed by atoms with Crippen molar-refractivity contribution in [3.05, 3.63) is 40.7 Å². The first-order valence-corrected chi connectivity index (χ1v) is 10.9. The molecule has 2 aromatic rings. The molecule has 1 aromatic heterocycles. The molecule has 7 heteroatoms. The zero-order valence-corrected chi connectivity index (χ0v) is 17.5. The highest BCUT2D eigenvalue weighted by Crippen LogP contribution is 2.28. The van der Waals surface area contributed by atoms with E-state index in [1.165, 1.54) is 29.9 Å². The van der Waals surface area contributed by atoms with Crippen LogP contribution >= 0.6 is 23.1 Å². The lowest BCUT2D eigenvalue weighted by molar-refractivity contribution is -0.0744. The number of morpholine rings is 1. The smallest absolute Gasteiger partial charge is 0.205 e. The van der Waals surface area contributed by atoms with Gasteiger partial charge in [0.25, 0.3) is 0 Å². The fourth-order valence-electron chi connectivity index (χ4n) is 4.19. The highest BCUT2D eigenvalue weighted by Gasteiger charge is 2.34. The third-order valence-corrected chi connectivity index (χ3v) is 6.74. The van der Waals surface area contributed by atoms with Crippen molar-refractivity contribution >= 4 is 28.3 Å². The monoisotopic (exact) mass is 406 g/mol. The summed E-state index contributed by atoms with van der Waals surface area (Å²) in [6, 6.07) is 9.28. The van der Waals surface area contributed by atoms with Gasteiger partial charge in [-0.1, -0.05) is 23.7 Å². The van der Waals surface area contributed by atoms with E-state index < -0.39 is 0 Å². The number of ether oxygens (including phenoxy) is 1. The summed E-state index contributed by atoms with van der Waals surface area (Å²) in [7, 11) is 0. The lowest BCUT2D eigenvalue weighted by atomic mass is 9.96. The van der Waals surface area contributed by atoms with Gasteiger partial charge in [-0.3, -0.25) is 4.90 Å². The second kappa shape index (κ2) is 8.43. The maximum Gasteiger partial charge on any atom is 0.205 e. The Balaban J connectivity index is 1.41. The number of rotatable bonds is 4. The van der Waals surface area contributed by atoms with Gasteiger partial charge in [-0.15, -0.1) is 0 Å². The standard InChI is InChI=1S/C20H27ClN4OS/c1-14-12-25(19(13-26-14)11-16-3-5-17(21)6-4-16)18-7-9-24(10-8-18)20-22-15(2)23-27-20/h3-6,14,18-19H,7-13H2,1-2H3/t14-,19-/m0/s1. The number of aromatic nitrogens is 2. The van der Waals surface area contributed by atoms with E-state index in [2.05, 4.69) is 38.2 Å². The van der Waals surface area contributed by atoms with Crippen molar-refractivity contribution in [3.63, 3.8) is 0 Å². The van der Waals surface area contributed by atoms with Gasteiger partial charge in [0, 0.05) is 48.3 Å². The van der Waals surface area contributed by atoms with Gasteiger partial charge in [0.2, 0.25) is 5.13 Å². The molecule has 5 nitrogen and oxygen atoms in total. The average molecular weight is 407 g/mol. The van der Waals surface area contributed by atoms with E-state index in [0.29, 0.717) is 18.2 Å². The van der Waals surface area contributed by atoms with E-state index in [-0.39, 0.29) is 0 Å². The second-order valence-corrected chi connectivity index (χ2v) is 8.83. The van der Waals surface area contributed by atoms with E-state index in [9.17, 15) is 0 Å². The summed E-state index contributed by atoms with van der Waals surface area (Å²) in [4.78, 5) is 9.64. The Morgan fingerprint density at radius 1 is 1.22 bits per heavy atom. The van der Waals surface area contributed by atoms with E-state index in [4.69, 9.17) is 16.3 Å². The Labute approximate surface area is 170 Å². The summed E-state index contributed by atoms with van der Waals surface area (Å²) in [6.45, 7) is 8.08. The predicted molar refractivity (Wildman–Crippen MR) is 111 cm³/mol. The van der Waals surface area contributed by atoms with Crippen molar-refractivity contribution in [3.8, 4) is 0 Å². The lowest BCUT2D eigenvalue weighted by Crippen LogP contribution is -2.56. The minimum absolute atomic E-state index is 0.301. The van der Waals surface area contributed by atoms with Gasteiger partial charge < -0.3 is 9.64 Å². The van der Waals surface area contributed by atoms with E-state index in [1.54, 1.807) is 0 Å². The molecular weight excluding hydrogens is 380 g/mol. The molecule has 0 unspecified atom stereocenters. The molecule has 2 fully saturated rings. The van der Waals surface area contributed by atoms with Crippen LogP contribution in [0.3, 0.4) is 0 Å². The highest BCUT2D eigenvalue weighted by atomic mass is 35.5. The predicted octanol–water partition coefficient (Wildman–Crippen LogP) is 3.80. The largest absolute Gasteiger partial charge is 0.376 e. The molecular formula is C20H27ClN4OS. The maximum absolute atomic E-state index is 6.04. The van der Waals surface area contributed by atoms with Gasteiger partial charge in [-0.25, -0.2) is 4.98 Å². The fraction of sp³-hybridized carbons (Fsp3) is 0.600. The zero-order valence-electron chi connectivity index (χ0n) is 16.0. The number of nitrogens with zero attached hydrogens (tertiary/aromatic N) is 4. The van der Waals surface area contributed by atoms with E-state index in [1.807, 2.05) is 19.1 Å². The summed E-state index contributed by atoms with van der Waals surface area (Å²) in [5.74, 6) is 0.877. The number of hydrogen-bond donors (Lipinski definition) is 0. The molecule has 0 N–H and O–H groups in total. The van der Waals surface area contributed by atoms with Crippen molar-refractivity contribution < 1.29 is 4.74 Å². The topological polar surface area (TPSA) is 41.5 Å². The van der Waals surface area contributed by atoms with Crippen LogP contribution in [-0.2, 0) is 11.2 Å². The number of halogens is 1. The van der Waals surface area contributed by atoms with Crippen molar-refractivity contribution in [2.45, 2.75) is 51.3 Å². The molecule has 2 saturated heterocycles. The normalized spacial score (nSPS) is 25.1. The summed E-state index contributed by atoms with van der Waals surface area (Å²) >= 11 is 7.56. The molecule has 0 radical (unpaired) electrons. The molecule has 2 aliphatic heterocycles. The Bertz CT molecular complexity index is 745. The third-order valence-electron chi connectivity index (χ3n) is 5.62. The minimum Gasteiger partial charge on any atom is -0.376 e. The Kier molecular flexibility index (Phi) is 5.97. The zero-order chi connectivity index (χ0) is 18.8. The van der Waals surface area contributed by atoms with Gasteiger partial charge in [-0.2, -0.15) is 4.37 Å². The first-order valence-electron chi connectivity index (χ1n) is 9.75. The molecule has 0 saturated carbocycles. The number of piperidine rings is 1. The molecule has 27 heavy (non-hydrogen) atoms. The van der Waals surface area contributed by atoms with Gasteiger partial charge in [0.05, 0.1) is 12.7 Å². The van der Waals surface area contributed by atoms with Crippen LogP contribution in [-0.4, -0.2) is 58.7 Å². The van der Waals surface area contributed by atoms with Gasteiger partial charge in [0.15, 0.2) is 0 Å². The molecule has 1 aromatic carbocycles. The third kappa shape index (κ3) is 4.62. The van der Waals surface area contributed by atoms with Crippen molar-refractivity contribution in [2.24, 2.45) is 0 Å². The summed E-state index contributed by atoms with van der Waals surface area (Å²) in [6.07, 6.45) is 3.65. The van der Waals surface area contributed by atoms with Crippen LogP contribution in [0.15, 0.2) is 24.3 Å². The second-order valence-electron chi connectivity index (χ2n) is 7.67. The SMILES string of the molecule is Cc1nsc(N2CCC(N3C[C@H](C)OC[C@@H]3Cc3ccc(Cl)cc3)CC2)n1. The van der Waals surface area contributed by atoms with Crippen molar-refractivity contribution in [1.82, 2.24) is 14.3 Å². The summed E-state index contributed by atoms with van der Waals surface area (Å²) in [5.41, 5.74) is 1.33. The molecule has 0 spiro atoms. The van der Waals surface area contributed by atoms with Gasteiger partial charge >= 0.3 is 0 Å². The Morgan fingerprint density at radius 2 is 1.96 bits per heavy atom. The molecule has 0 aliphatic carbocycles. The van der Waals surface area contributed by atoms with Crippen molar-refractivity contribution in [2.75, 3.05) is 31.1 Å². The first-order chi connectivity index (χ1) is 13.1. The fourth-order valence-corrected chi connectivity index (χ4v) is 5.04.